The zero-order valence-electron chi connectivity index (χ0n) is 13.4. The Labute approximate surface area is 148 Å². The molecule has 3 aromatic rings. The largest absolute Gasteiger partial charge is 0.270 e. The Morgan fingerprint density at radius 3 is 2.84 bits per heavy atom. The number of benzene rings is 2. The maximum atomic E-state index is 10.8. The number of nitro groups is 1. The lowest BCUT2D eigenvalue weighted by Crippen LogP contribution is -1.94. The second-order valence-corrected chi connectivity index (χ2v) is 6.27. The fourth-order valence-corrected chi connectivity index (χ4v) is 2.89. The molecule has 126 valence electrons. The normalized spacial score (nSPS) is 11.1. The molecule has 8 heteroatoms. The smallest absolute Gasteiger partial charge is 0.258 e. The van der Waals surface area contributed by atoms with E-state index in [-0.39, 0.29) is 5.69 Å². The molecule has 0 atom stereocenters. The maximum absolute atomic E-state index is 10.8. The highest BCUT2D eigenvalue weighted by molar-refractivity contribution is 7.98. The van der Waals surface area contributed by atoms with E-state index in [0.717, 1.165) is 5.75 Å². The van der Waals surface area contributed by atoms with Crippen molar-refractivity contribution in [3.63, 3.8) is 0 Å². The van der Waals surface area contributed by atoms with Crippen LogP contribution in [0.15, 0.2) is 65.1 Å². The minimum absolute atomic E-state index is 0.0293. The maximum Gasteiger partial charge on any atom is 0.270 e. The van der Waals surface area contributed by atoms with E-state index in [9.17, 15) is 10.1 Å². The molecule has 0 fully saturated rings. The van der Waals surface area contributed by atoms with Crippen LogP contribution in [-0.2, 0) is 5.75 Å². The van der Waals surface area contributed by atoms with Gasteiger partial charge in [0.05, 0.1) is 11.1 Å². The molecule has 3 rings (SSSR count). The number of thioether (sulfide) groups is 1. The van der Waals surface area contributed by atoms with Gasteiger partial charge in [0.2, 0.25) is 5.16 Å². The summed E-state index contributed by atoms with van der Waals surface area (Å²) in [4.78, 5) is 10.4. The lowest BCUT2D eigenvalue weighted by molar-refractivity contribution is -0.384. The van der Waals surface area contributed by atoms with Gasteiger partial charge in [-0.25, -0.2) is 0 Å². The highest BCUT2D eigenvalue weighted by Crippen LogP contribution is 2.21. The van der Waals surface area contributed by atoms with Gasteiger partial charge in [-0.3, -0.25) is 10.1 Å². The molecule has 0 saturated carbocycles. The Bertz CT molecular complexity index is 905. The number of rotatable bonds is 6. The molecule has 1 aromatic heterocycles. The first-order valence-electron chi connectivity index (χ1n) is 7.49. The highest BCUT2D eigenvalue weighted by atomic mass is 32.2. The van der Waals surface area contributed by atoms with Crippen LogP contribution < -0.4 is 0 Å². The fourth-order valence-electron chi connectivity index (χ4n) is 2.07. The number of hydrogen-bond acceptors (Lipinski definition) is 6. The fraction of sp³-hybridized carbons (Fsp3) is 0.118. The zero-order valence-corrected chi connectivity index (χ0v) is 14.3. The first-order chi connectivity index (χ1) is 12.1. The van der Waals surface area contributed by atoms with Crippen molar-refractivity contribution in [3.8, 4) is 0 Å². The molecular formula is C17H15N5O2S. The van der Waals surface area contributed by atoms with Gasteiger partial charge < -0.3 is 0 Å². The monoisotopic (exact) mass is 353 g/mol. The summed E-state index contributed by atoms with van der Waals surface area (Å²) >= 11 is 1.52. The van der Waals surface area contributed by atoms with Crippen molar-refractivity contribution >= 4 is 23.7 Å². The molecule has 0 unspecified atom stereocenters. The van der Waals surface area contributed by atoms with Crippen LogP contribution in [0.1, 0.15) is 16.7 Å². The second-order valence-electron chi connectivity index (χ2n) is 5.33. The first kappa shape index (κ1) is 16.8. The van der Waals surface area contributed by atoms with Crippen LogP contribution in [0.4, 0.5) is 5.69 Å². The van der Waals surface area contributed by atoms with Gasteiger partial charge in [0.25, 0.3) is 5.69 Å². The van der Waals surface area contributed by atoms with Gasteiger partial charge in [0, 0.05) is 23.4 Å². The van der Waals surface area contributed by atoms with Gasteiger partial charge in [-0.1, -0.05) is 53.7 Å². The van der Waals surface area contributed by atoms with Crippen LogP contribution in [-0.4, -0.2) is 26.0 Å². The van der Waals surface area contributed by atoms with Gasteiger partial charge in [0.15, 0.2) is 0 Å². The predicted octanol–water partition coefficient (Wildman–Crippen LogP) is 3.67. The summed E-state index contributed by atoms with van der Waals surface area (Å²) in [5, 5.41) is 23.7. The van der Waals surface area contributed by atoms with E-state index in [2.05, 4.69) is 46.5 Å². The number of hydrogen-bond donors (Lipinski definition) is 0. The minimum atomic E-state index is -0.432. The van der Waals surface area contributed by atoms with E-state index in [1.165, 1.54) is 41.3 Å². The molecule has 25 heavy (non-hydrogen) atoms. The van der Waals surface area contributed by atoms with Crippen LogP contribution >= 0.6 is 11.8 Å². The van der Waals surface area contributed by atoms with E-state index >= 15 is 0 Å². The standard InChI is InChI=1S/C17H15N5O2S/c1-13-5-7-14(8-6-13)11-25-17-20-18-12-21(17)19-10-15-3-2-4-16(9-15)22(23)24/h2-10,12H,11H2,1H3. The van der Waals surface area contributed by atoms with Crippen LogP contribution in [0.2, 0.25) is 0 Å². The minimum Gasteiger partial charge on any atom is -0.258 e. The molecule has 0 amide bonds. The SMILES string of the molecule is Cc1ccc(CSc2nncn2N=Cc2cccc([N+](=O)[O-])c2)cc1. The Morgan fingerprint density at radius 1 is 1.28 bits per heavy atom. The number of nitrogens with zero attached hydrogens (tertiary/aromatic N) is 5. The molecule has 0 N–H and O–H groups in total. The topological polar surface area (TPSA) is 86.2 Å². The molecule has 0 radical (unpaired) electrons. The third-order valence-corrected chi connectivity index (χ3v) is 4.41. The zero-order chi connectivity index (χ0) is 17.6. The Hall–Kier alpha value is -3.00. The molecular weight excluding hydrogens is 338 g/mol. The van der Waals surface area contributed by atoms with Crippen molar-refractivity contribution in [2.24, 2.45) is 5.10 Å². The lowest BCUT2D eigenvalue weighted by atomic mass is 10.2. The van der Waals surface area contributed by atoms with E-state index < -0.39 is 4.92 Å². The van der Waals surface area contributed by atoms with Crippen LogP contribution in [0.25, 0.3) is 0 Å². The summed E-state index contributed by atoms with van der Waals surface area (Å²) in [6.07, 6.45) is 3.05. The summed E-state index contributed by atoms with van der Waals surface area (Å²) in [7, 11) is 0. The Morgan fingerprint density at radius 2 is 2.08 bits per heavy atom. The number of aromatic nitrogens is 3. The van der Waals surface area contributed by atoms with Crippen molar-refractivity contribution < 1.29 is 4.92 Å². The molecule has 0 aliphatic rings. The van der Waals surface area contributed by atoms with E-state index in [1.807, 2.05) is 0 Å². The molecule has 0 aliphatic carbocycles. The average molecular weight is 353 g/mol. The van der Waals surface area contributed by atoms with Crippen LogP contribution in [0.3, 0.4) is 0 Å². The van der Waals surface area contributed by atoms with Crippen molar-refractivity contribution in [1.29, 1.82) is 0 Å². The van der Waals surface area contributed by atoms with Crippen molar-refractivity contribution in [2.75, 3.05) is 0 Å². The molecule has 2 aromatic carbocycles. The second kappa shape index (κ2) is 7.71. The quantitative estimate of drug-likeness (QED) is 0.292. The van der Waals surface area contributed by atoms with Gasteiger partial charge in [-0.05, 0) is 12.5 Å². The molecule has 0 bridgehead atoms. The van der Waals surface area contributed by atoms with E-state index in [4.69, 9.17) is 0 Å². The Balaban J connectivity index is 1.70. The number of nitro benzene ring substituents is 1. The third kappa shape index (κ3) is 4.51. The van der Waals surface area contributed by atoms with Gasteiger partial charge in [-0.15, -0.1) is 10.2 Å². The van der Waals surface area contributed by atoms with Crippen molar-refractivity contribution in [2.45, 2.75) is 17.8 Å². The van der Waals surface area contributed by atoms with Gasteiger partial charge in [0.1, 0.15) is 6.33 Å². The van der Waals surface area contributed by atoms with E-state index in [0.29, 0.717) is 10.7 Å². The van der Waals surface area contributed by atoms with Crippen molar-refractivity contribution in [1.82, 2.24) is 14.9 Å². The third-order valence-electron chi connectivity index (χ3n) is 3.40. The first-order valence-corrected chi connectivity index (χ1v) is 8.47. The Kier molecular flexibility index (Phi) is 5.20. The van der Waals surface area contributed by atoms with Gasteiger partial charge in [-0.2, -0.15) is 9.78 Å². The predicted molar refractivity (Wildman–Crippen MR) is 96.9 cm³/mol. The lowest BCUT2D eigenvalue weighted by Gasteiger charge is -2.02. The molecule has 0 aliphatic heterocycles. The summed E-state index contributed by atoms with van der Waals surface area (Å²) in [5.74, 6) is 0.755. The van der Waals surface area contributed by atoms with Crippen molar-refractivity contribution in [3.05, 3.63) is 81.7 Å². The molecule has 0 spiro atoms. The molecule has 7 nitrogen and oxygen atoms in total. The highest BCUT2D eigenvalue weighted by Gasteiger charge is 2.06. The summed E-state index contributed by atoms with van der Waals surface area (Å²) < 4.78 is 1.55. The molecule has 1 heterocycles. The average Bonchev–Trinajstić information content (AvgIpc) is 3.07. The summed E-state index contributed by atoms with van der Waals surface area (Å²) in [6.45, 7) is 2.05. The summed E-state index contributed by atoms with van der Waals surface area (Å²) in [6, 6.07) is 14.6. The van der Waals surface area contributed by atoms with Crippen LogP contribution in [0.5, 0.6) is 0 Å². The number of non-ortho nitro benzene ring substituents is 1. The van der Waals surface area contributed by atoms with E-state index in [1.54, 1.807) is 23.0 Å². The van der Waals surface area contributed by atoms with Crippen LogP contribution in [0, 0.1) is 17.0 Å². The number of aryl methyl sites for hydroxylation is 1. The summed E-state index contributed by atoms with van der Waals surface area (Å²) in [5.41, 5.74) is 3.07. The molecule has 0 saturated heterocycles. The van der Waals surface area contributed by atoms with Gasteiger partial charge >= 0.3 is 0 Å².